The van der Waals surface area contributed by atoms with E-state index in [1.165, 1.54) is 0 Å². The minimum atomic E-state index is -2.76. The lowest BCUT2D eigenvalue weighted by Crippen LogP contribution is -2.13. The quantitative estimate of drug-likeness (QED) is 0.590. The summed E-state index contributed by atoms with van der Waals surface area (Å²) in [7, 11) is 0. The van der Waals surface area contributed by atoms with Gasteiger partial charge in [0.15, 0.2) is 0 Å². The second-order valence-electron chi connectivity index (χ2n) is 2.95. The fourth-order valence-corrected chi connectivity index (χ4v) is 1.27. The number of carbonyl (C=O) groups is 1. The van der Waals surface area contributed by atoms with Gasteiger partial charge in [-0.25, -0.2) is 13.6 Å². The first-order valence-electron chi connectivity index (χ1n) is 3.49. The third-order valence-corrected chi connectivity index (χ3v) is 2.03. The van der Waals surface area contributed by atoms with Crippen LogP contribution in [0.25, 0.3) is 0 Å². The van der Waals surface area contributed by atoms with E-state index in [2.05, 4.69) is 4.74 Å². The van der Waals surface area contributed by atoms with Gasteiger partial charge in [-0.3, -0.25) is 0 Å². The van der Waals surface area contributed by atoms with E-state index in [9.17, 15) is 13.6 Å². The molecule has 0 bridgehead atoms. The number of alkyl halides is 2. The molecule has 5 heteroatoms. The van der Waals surface area contributed by atoms with Crippen LogP contribution >= 0.6 is 0 Å². The first kappa shape index (κ1) is 7.67. The monoisotopic (exact) mass is 176 g/mol. The van der Waals surface area contributed by atoms with Gasteiger partial charge in [0, 0.05) is 18.1 Å². The third-order valence-electron chi connectivity index (χ3n) is 2.03. The molecule has 1 aliphatic carbocycles. The molecule has 12 heavy (non-hydrogen) atoms. The molecule has 0 aromatic heterocycles. The second-order valence-corrected chi connectivity index (χ2v) is 2.95. The summed E-state index contributed by atoms with van der Waals surface area (Å²) in [4.78, 5) is 10.5. The summed E-state index contributed by atoms with van der Waals surface area (Å²) in [5.74, 6) is -4.51. The number of cyclic esters (lactones) is 1. The molecule has 2 unspecified atom stereocenters. The number of hydrogen-bond acceptors (Lipinski definition) is 3. The molecule has 1 N–H and O–H groups in total. The van der Waals surface area contributed by atoms with Crippen molar-refractivity contribution in [2.24, 2.45) is 5.92 Å². The highest BCUT2D eigenvalue weighted by Gasteiger charge is 2.61. The highest BCUT2D eigenvalue weighted by atomic mass is 19.3. The minimum Gasteiger partial charge on any atom is -0.429 e. The number of aliphatic hydroxyl groups is 1. The van der Waals surface area contributed by atoms with Crippen molar-refractivity contribution in [2.45, 2.75) is 18.6 Å². The summed E-state index contributed by atoms with van der Waals surface area (Å²) in [5, 5.41) is 8.96. The number of rotatable bonds is 1. The van der Waals surface area contributed by atoms with Crippen molar-refractivity contribution in [1.82, 2.24) is 0 Å². The number of carbonyl (C=O) groups excluding carboxylic acids is 1. The van der Waals surface area contributed by atoms with Crippen LogP contribution in [0.5, 0.6) is 0 Å². The average molecular weight is 176 g/mol. The van der Waals surface area contributed by atoms with E-state index in [1.807, 2.05) is 0 Å². The van der Waals surface area contributed by atoms with Gasteiger partial charge in [0.1, 0.15) is 0 Å². The first-order valence-corrected chi connectivity index (χ1v) is 3.49. The van der Waals surface area contributed by atoms with Crippen molar-refractivity contribution in [1.29, 1.82) is 0 Å². The summed E-state index contributed by atoms with van der Waals surface area (Å²) >= 11 is 0. The zero-order valence-corrected chi connectivity index (χ0v) is 5.96. The molecule has 0 radical (unpaired) electrons. The molecule has 0 aromatic carbocycles. The number of aliphatic hydroxyl groups excluding tert-OH is 1. The molecule has 1 aliphatic heterocycles. The Balaban J connectivity index is 2.16. The molecule has 0 amide bonds. The molecule has 2 atom stereocenters. The van der Waals surface area contributed by atoms with Crippen molar-refractivity contribution in [3.05, 3.63) is 11.6 Å². The van der Waals surface area contributed by atoms with Crippen LogP contribution in [-0.2, 0) is 9.53 Å². The third kappa shape index (κ3) is 1.01. The summed E-state index contributed by atoms with van der Waals surface area (Å²) < 4.78 is 29.1. The Morgan fingerprint density at radius 1 is 1.67 bits per heavy atom. The number of halogens is 2. The molecule has 1 heterocycles. The van der Waals surface area contributed by atoms with Gasteiger partial charge in [0.25, 0.3) is 5.92 Å². The highest BCUT2D eigenvalue weighted by Crippen LogP contribution is 2.54. The maximum absolute atomic E-state index is 12.4. The SMILES string of the molecule is O=C1C=C(C2CC2(F)F)C(O)O1. The van der Waals surface area contributed by atoms with Gasteiger partial charge in [-0.2, -0.15) is 0 Å². The van der Waals surface area contributed by atoms with Crippen LogP contribution in [0.15, 0.2) is 11.6 Å². The molecule has 2 rings (SSSR count). The topological polar surface area (TPSA) is 46.5 Å². The maximum atomic E-state index is 12.4. The van der Waals surface area contributed by atoms with Crippen molar-refractivity contribution in [3.8, 4) is 0 Å². The Kier molecular flexibility index (Phi) is 1.30. The lowest BCUT2D eigenvalue weighted by Gasteiger charge is -2.05. The number of ether oxygens (including phenoxy) is 1. The van der Waals surface area contributed by atoms with Crippen molar-refractivity contribution < 1.29 is 23.4 Å². The van der Waals surface area contributed by atoms with Gasteiger partial charge in [-0.05, 0) is 0 Å². The van der Waals surface area contributed by atoms with Crippen LogP contribution in [0.1, 0.15) is 6.42 Å². The smallest absolute Gasteiger partial charge is 0.333 e. The van der Waals surface area contributed by atoms with Crippen LogP contribution in [0.4, 0.5) is 8.78 Å². The van der Waals surface area contributed by atoms with Gasteiger partial charge in [-0.15, -0.1) is 0 Å². The van der Waals surface area contributed by atoms with Gasteiger partial charge < -0.3 is 9.84 Å². The molecule has 0 aromatic rings. The van der Waals surface area contributed by atoms with Crippen LogP contribution < -0.4 is 0 Å². The fraction of sp³-hybridized carbons (Fsp3) is 0.571. The molecule has 0 saturated heterocycles. The predicted octanol–water partition coefficient (Wildman–Crippen LogP) is 0.443. The molecule has 66 valence electrons. The Bertz CT molecular complexity index is 272. The first-order chi connectivity index (χ1) is 5.50. The van der Waals surface area contributed by atoms with E-state index in [-0.39, 0.29) is 12.0 Å². The van der Waals surface area contributed by atoms with Crippen LogP contribution in [-0.4, -0.2) is 23.3 Å². The van der Waals surface area contributed by atoms with E-state index in [0.29, 0.717) is 0 Å². The Labute approximate surface area is 66.6 Å². The minimum absolute atomic E-state index is 0.00463. The zero-order chi connectivity index (χ0) is 8.93. The summed E-state index contributed by atoms with van der Waals surface area (Å²) in [5.41, 5.74) is 0.00463. The molecule has 2 aliphatic rings. The molecular weight excluding hydrogens is 170 g/mol. The Morgan fingerprint density at radius 3 is 2.58 bits per heavy atom. The average Bonchev–Trinajstić information content (AvgIpc) is 2.40. The lowest BCUT2D eigenvalue weighted by molar-refractivity contribution is -0.151. The van der Waals surface area contributed by atoms with E-state index in [0.717, 1.165) is 6.08 Å². The van der Waals surface area contributed by atoms with Crippen molar-refractivity contribution in [2.75, 3.05) is 0 Å². The van der Waals surface area contributed by atoms with E-state index >= 15 is 0 Å². The second kappa shape index (κ2) is 2.04. The van der Waals surface area contributed by atoms with Crippen LogP contribution in [0, 0.1) is 5.92 Å². The van der Waals surface area contributed by atoms with E-state index in [1.54, 1.807) is 0 Å². The fourth-order valence-electron chi connectivity index (χ4n) is 1.27. The summed E-state index contributed by atoms with van der Waals surface area (Å²) in [6, 6.07) is 0. The molecule has 1 fully saturated rings. The largest absolute Gasteiger partial charge is 0.429 e. The van der Waals surface area contributed by atoms with Crippen LogP contribution in [0.3, 0.4) is 0 Å². The molecule has 1 saturated carbocycles. The molecular formula is C7H6F2O3. The summed E-state index contributed by atoms with van der Waals surface area (Å²) in [6.07, 6.45) is -0.821. The van der Waals surface area contributed by atoms with Gasteiger partial charge >= 0.3 is 5.97 Å². The zero-order valence-electron chi connectivity index (χ0n) is 5.96. The Morgan fingerprint density at radius 2 is 2.25 bits per heavy atom. The number of hydrogen-bond donors (Lipinski definition) is 1. The van der Waals surface area contributed by atoms with Gasteiger partial charge in [-0.1, -0.05) is 0 Å². The number of esters is 1. The van der Waals surface area contributed by atoms with Crippen molar-refractivity contribution >= 4 is 5.97 Å². The molecule has 0 spiro atoms. The lowest BCUT2D eigenvalue weighted by atomic mass is 10.1. The van der Waals surface area contributed by atoms with E-state index in [4.69, 9.17) is 5.11 Å². The van der Waals surface area contributed by atoms with E-state index < -0.39 is 24.1 Å². The standard InChI is InChI=1S/C7H6F2O3/c8-7(9)2-4(7)3-1-5(10)12-6(3)11/h1,4,6,11H,2H2. The molecule has 3 nitrogen and oxygen atoms in total. The van der Waals surface area contributed by atoms with Crippen molar-refractivity contribution in [3.63, 3.8) is 0 Å². The summed E-state index contributed by atoms with van der Waals surface area (Å²) in [6.45, 7) is 0. The van der Waals surface area contributed by atoms with Crippen LogP contribution in [0.2, 0.25) is 0 Å². The predicted molar refractivity (Wildman–Crippen MR) is 33.2 cm³/mol. The normalized spacial score (nSPS) is 37.6. The Hall–Kier alpha value is -0.970. The van der Waals surface area contributed by atoms with Gasteiger partial charge in [0.2, 0.25) is 6.29 Å². The highest BCUT2D eigenvalue weighted by molar-refractivity contribution is 5.86. The maximum Gasteiger partial charge on any atom is 0.333 e. The van der Waals surface area contributed by atoms with Gasteiger partial charge in [0.05, 0.1) is 5.92 Å².